The summed E-state index contributed by atoms with van der Waals surface area (Å²) in [6, 6.07) is 30.6. The van der Waals surface area contributed by atoms with Crippen molar-refractivity contribution in [2.45, 2.75) is 50.2 Å². The van der Waals surface area contributed by atoms with Gasteiger partial charge in [0.25, 0.3) is 10.0 Å². The third kappa shape index (κ3) is 7.87. The van der Waals surface area contributed by atoms with Gasteiger partial charge < -0.3 is 19.7 Å². The van der Waals surface area contributed by atoms with Gasteiger partial charge in [-0.2, -0.15) is 0 Å². The Balaban J connectivity index is 1.57. The number of carbonyl (C=O) groups is 2. The Morgan fingerprint density at radius 1 is 0.804 bits per heavy atom. The Kier molecular flexibility index (Phi) is 10.6. The number of fused-ring (bicyclic) bond motifs is 1. The minimum atomic E-state index is -4.22. The molecule has 0 aliphatic carbocycles. The van der Waals surface area contributed by atoms with Crippen molar-refractivity contribution in [2.24, 2.45) is 0 Å². The highest BCUT2D eigenvalue weighted by molar-refractivity contribution is 7.92. The molecule has 2 atom stereocenters. The molecule has 0 fully saturated rings. The Bertz CT molecular complexity index is 1720. The third-order valence-corrected chi connectivity index (χ3v) is 9.68. The number of ether oxygens (including phenoxy) is 2. The molecule has 46 heavy (non-hydrogen) atoms. The lowest BCUT2D eigenvalue weighted by atomic mass is 10.0. The van der Waals surface area contributed by atoms with Crippen LogP contribution >= 0.6 is 0 Å². The fourth-order valence-corrected chi connectivity index (χ4v) is 6.64. The van der Waals surface area contributed by atoms with Crippen LogP contribution in [0.3, 0.4) is 0 Å². The molecule has 0 bridgehead atoms. The van der Waals surface area contributed by atoms with Crippen LogP contribution in [0, 0.1) is 0 Å². The van der Waals surface area contributed by atoms with Gasteiger partial charge in [0.2, 0.25) is 11.8 Å². The van der Waals surface area contributed by atoms with Crippen LogP contribution in [-0.4, -0.2) is 57.0 Å². The van der Waals surface area contributed by atoms with Crippen molar-refractivity contribution in [3.63, 3.8) is 0 Å². The maximum Gasteiger partial charge on any atom is 0.264 e. The molecule has 0 saturated carbocycles. The van der Waals surface area contributed by atoms with E-state index in [0.29, 0.717) is 31.1 Å². The van der Waals surface area contributed by atoms with Crippen LogP contribution in [0.25, 0.3) is 0 Å². The summed E-state index contributed by atoms with van der Waals surface area (Å²) in [4.78, 5) is 30.0. The Hall–Kier alpha value is -4.83. The number of carbonyl (C=O) groups excluding carboxylic acids is 2. The van der Waals surface area contributed by atoms with Crippen LogP contribution in [0.15, 0.2) is 114 Å². The largest absolute Gasteiger partial charge is 0.486 e. The fourth-order valence-electron chi connectivity index (χ4n) is 5.21. The van der Waals surface area contributed by atoms with Crippen LogP contribution in [0.1, 0.15) is 31.4 Å². The highest BCUT2D eigenvalue weighted by Crippen LogP contribution is 2.36. The molecule has 240 valence electrons. The molecule has 1 aliphatic rings. The SMILES string of the molecule is CC[C@H](C)NC(=O)[C@H](Cc1ccccc1)N(Cc1ccccc1)C(=O)CN(c1ccc2c(c1)OCCO2)S(=O)(=O)c1ccccc1. The van der Waals surface area contributed by atoms with E-state index in [2.05, 4.69) is 5.32 Å². The number of benzene rings is 4. The van der Waals surface area contributed by atoms with Crippen LogP contribution in [0.4, 0.5) is 5.69 Å². The summed E-state index contributed by atoms with van der Waals surface area (Å²) in [7, 11) is -4.22. The molecule has 9 nitrogen and oxygen atoms in total. The van der Waals surface area contributed by atoms with Gasteiger partial charge in [-0.05, 0) is 48.7 Å². The second-order valence-electron chi connectivity index (χ2n) is 11.2. The second kappa shape index (κ2) is 15.0. The summed E-state index contributed by atoms with van der Waals surface area (Å²) in [5.74, 6) is 0.0481. The number of sulfonamides is 1. The topological polar surface area (TPSA) is 105 Å². The van der Waals surface area contributed by atoms with Crippen molar-refractivity contribution in [1.82, 2.24) is 10.2 Å². The normalized spacial score (nSPS) is 13.7. The van der Waals surface area contributed by atoms with Gasteiger partial charge in [-0.15, -0.1) is 0 Å². The maximum atomic E-state index is 14.6. The van der Waals surface area contributed by atoms with E-state index in [0.717, 1.165) is 15.4 Å². The van der Waals surface area contributed by atoms with Gasteiger partial charge in [-0.3, -0.25) is 13.9 Å². The molecule has 0 spiro atoms. The first-order valence-electron chi connectivity index (χ1n) is 15.4. The molecule has 1 N–H and O–H groups in total. The van der Waals surface area contributed by atoms with Crippen LogP contribution < -0.4 is 19.1 Å². The molecule has 0 saturated heterocycles. The Morgan fingerprint density at radius 3 is 2.02 bits per heavy atom. The van der Waals surface area contributed by atoms with E-state index in [-0.39, 0.29) is 35.5 Å². The summed E-state index contributed by atoms with van der Waals surface area (Å²) in [6.45, 7) is 4.14. The molecular formula is C36H39N3O6S. The zero-order valence-electron chi connectivity index (χ0n) is 26.0. The summed E-state index contributed by atoms with van der Waals surface area (Å²) in [5, 5.41) is 3.05. The van der Waals surface area contributed by atoms with E-state index in [1.807, 2.05) is 74.5 Å². The van der Waals surface area contributed by atoms with E-state index in [1.165, 1.54) is 17.0 Å². The highest BCUT2D eigenvalue weighted by atomic mass is 32.2. The first kappa shape index (κ1) is 32.6. The van der Waals surface area contributed by atoms with Gasteiger partial charge in [0.1, 0.15) is 25.8 Å². The van der Waals surface area contributed by atoms with Crippen LogP contribution in [-0.2, 0) is 32.6 Å². The van der Waals surface area contributed by atoms with Gasteiger partial charge >= 0.3 is 0 Å². The molecule has 2 amide bonds. The monoisotopic (exact) mass is 641 g/mol. The molecule has 0 unspecified atom stereocenters. The van der Waals surface area contributed by atoms with Crippen molar-refractivity contribution in [1.29, 1.82) is 0 Å². The molecule has 4 aromatic carbocycles. The first-order valence-corrected chi connectivity index (χ1v) is 16.9. The lowest BCUT2D eigenvalue weighted by molar-refractivity contribution is -0.140. The quantitative estimate of drug-likeness (QED) is 0.215. The number of hydrogen-bond donors (Lipinski definition) is 1. The minimum absolute atomic E-state index is 0.0302. The molecule has 5 rings (SSSR count). The van der Waals surface area contributed by atoms with E-state index < -0.39 is 28.5 Å². The molecule has 1 aliphatic heterocycles. The molecule has 0 radical (unpaired) electrons. The summed E-state index contributed by atoms with van der Waals surface area (Å²) in [6.07, 6.45) is 0.959. The molecule has 1 heterocycles. The van der Waals surface area contributed by atoms with Gasteiger partial charge in [0.15, 0.2) is 11.5 Å². The molecule has 0 aromatic heterocycles. The fraction of sp³-hybridized carbons (Fsp3) is 0.278. The van der Waals surface area contributed by atoms with Crippen LogP contribution in [0.5, 0.6) is 11.5 Å². The Labute approximate surface area is 270 Å². The minimum Gasteiger partial charge on any atom is -0.486 e. The van der Waals surface area contributed by atoms with E-state index >= 15 is 0 Å². The zero-order chi connectivity index (χ0) is 32.5. The smallest absolute Gasteiger partial charge is 0.264 e. The lowest BCUT2D eigenvalue weighted by Crippen LogP contribution is -2.54. The van der Waals surface area contributed by atoms with Crippen molar-refractivity contribution < 1.29 is 27.5 Å². The van der Waals surface area contributed by atoms with E-state index in [9.17, 15) is 18.0 Å². The van der Waals surface area contributed by atoms with Gasteiger partial charge in [0, 0.05) is 25.1 Å². The van der Waals surface area contributed by atoms with Crippen LogP contribution in [0.2, 0.25) is 0 Å². The zero-order valence-corrected chi connectivity index (χ0v) is 26.9. The molecule has 4 aromatic rings. The number of hydrogen-bond acceptors (Lipinski definition) is 6. The van der Waals surface area contributed by atoms with Crippen molar-refractivity contribution in [3.05, 3.63) is 120 Å². The highest BCUT2D eigenvalue weighted by Gasteiger charge is 2.35. The second-order valence-corrected chi connectivity index (χ2v) is 13.0. The van der Waals surface area contributed by atoms with Gasteiger partial charge in [-0.1, -0.05) is 85.8 Å². The summed E-state index contributed by atoms with van der Waals surface area (Å²) < 4.78 is 40.9. The standard InChI is InChI=1S/C36H39N3O6S/c1-3-27(2)37-36(41)32(23-28-13-7-4-8-14-28)38(25-29-15-9-5-10-16-29)35(40)26-39(46(42,43)31-17-11-6-12-18-31)30-19-20-33-34(24-30)45-22-21-44-33/h4-20,24,27,32H,3,21-23,25-26H2,1-2H3,(H,37,41)/t27-,32-/m0/s1. The lowest BCUT2D eigenvalue weighted by Gasteiger charge is -2.34. The average molecular weight is 642 g/mol. The number of nitrogens with one attached hydrogen (secondary N) is 1. The predicted octanol–water partition coefficient (Wildman–Crippen LogP) is 5.21. The number of nitrogens with zero attached hydrogens (tertiary/aromatic N) is 2. The molecular weight excluding hydrogens is 602 g/mol. The molecule has 10 heteroatoms. The first-order chi connectivity index (χ1) is 22.3. The van der Waals surface area contributed by atoms with Crippen molar-refractivity contribution in [3.8, 4) is 11.5 Å². The number of rotatable bonds is 13. The van der Waals surface area contributed by atoms with Gasteiger partial charge in [-0.25, -0.2) is 8.42 Å². The van der Waals surface area contributed by atoms with E-state index in [4.69, 9.17) is 9.47 Å². The summed E-state index contributed by atoms with van der Waals surface area (Å²) in [5.41, 5.74) is 1.92. The van der Waals surface area contributed by atoms with Gasteiger partial charge in [0.05, 0.1) is 10.6 Å². The van der Waals surface area contributed by atoms with E-state index in [1.54, 1.807) is 36.4 Å². The maximum absolute atomic E-state index is 14.6. The number of anilines is 1. The average Bonchev–Trinajstić information content (AvgIpc) is 3.09. The van der Waals surface area contributed by atoms with Crippen molar-refractivity contribution in [2.75, 3.05) is 24.1 Å². The third-order valence-electron chi connectivity index (χ3n) is 7.89. The predicted molar refractivity (Wildman–Crippen MR) is 177 cm³/mol. The van der Waals surface area contributed by atoms with Crippen molar-refractivity contribution >= 4 is 27.5 Å². The Morgan fingerprint density at radius 2 is 1.39 bits per heavy atom. The summed E-state index contributed by atoms with van der Waals surface area (Å²) >= 11 is 0. The number of amides is 2.